The quantitative estimate of drug-likeness (QED) is 0.363. The third-order valence-electron chi connectivity index (χ3n) is 3.85. The van der Waals surface area contributed by atoms with Gasteiger partial charge in [0.05, 0.1) is 26.6 Å². The van der Waals surface area contributed by atoms with E-state index >= 15 is 0 Å². The van der Waals surface area contributed by atoms with Crippen LogP contribution in [0.1, 0.15) is 9.67 Å². The summed E-state index contributed by atoms with van der Waals surface area (Å²) in [6, 6.07) is 12.3. The molecule has 1 amide bonds. The zero-order valence-corrected chi connectivity index (χ0v) is 15.5. The van der Waals surface area contributed by atoms with Gasteiger partial charge in [-0.15, -0.1) is 0 Å². The Kier molecular flexibility index (Phi) is 4.65. The summed E-state index contributed by atoms with van der Waals surface area (Å²) in [7, 11) is 0. The molecule has 0 radical (unpaired) electrons. The average molecular weight is 399 g/mol. The summed E-state index contributed by atoms with van der Waals surface area (Å²) in [5.74, 6) is -0.306. The predicted molar refractivity (Wildman–Crippen MR) is 104 cm³/mol. The molecule has 0 unspecified atom stereocenters. The number of para-hydroxylation sites is 1. The SMILES string of the molecule is O=C(c1ccc([N+](=O)[O-])s1)N(CCn1cccn1)c1nc2ccccc2s1. The summed E-state index contributed by atoms with van der Waals surface area (Å²) in [4.78, 5) is 30.0. The molecular formula is C17H13N5O3S2. The topological polar surface area (TPSA) is 94.2 Å². The number of anilines is 1. The highest BCUT2D eigenvalue weighted by atomic mass is 32.1. The molecule has 0 spiro atoms. The van der Waals surface area contributed by atoms with E-state index in [0.717, 1.165) is 21.6 Å². The minimum absolute atomic E-state index is 0.0605. The maximum atomic E-state index is 13.1. The number of benzene rings is 1. The van der Waals surface area contributed by atoms with Gasteiger partial charge in [-0.25, -0.2) is 4.98 Å². The fourth-order valence-corrected chi connectivity index (χ4v) is 4.33. The molecule has 3 heterocycles. The monoisotopic (exact) mass is 399 g/mol. The van der Waals surface area contributed by atoms with E-state index in [9.17, 15) is 14.9 Å². The summed E-state index contributed by atoms with van der Waals surface area (Å²) in [5, 5.41) is 15.6. The van der Waals surface area contributed by atoms with Gasteiger partial charge >= 0.3 is 5.00 Å². The average Bonchev–Trinajstić information content (AvgIpc) is 3.41. The first-order valence-electron chi connectivity index (χ1n) is 8.01. The van der Waals surface area contributed by atoms with Crippen LogP contribution in [0.3, 0.4) is 0 Å². The van der Waals surface area contributed by atoms with Gasteiger partial charge in [0.2, 0.25) is 0 Å². The lowest BCUT2D eigenvalue weighted by Gasteiger charge is -2.19. The van der Waals surface area contributed by atoms with Crippen molar-refractivity contribution in [1.82, 2.24) is 14.8 Å². The van der Waals surface area contributed by atoms with Crippen molar-refractivity contribution < 1.29 is 9.72 Å². The number of fused-ring (bicyclic) bond motifs is 1. The van der Waals surface area contributed by atoms with Gasteiger partial charge in [0.15, 0.2) is 5.13 Å². The maximum Gasteiger partial charge on any atom is 0.324 e. The van der Waals surface area contributed by atoms with Crippen LogP contribution in [0.2, 0.25) is 0 Å². The van der Waals surface area contributed by atoms with E-state index in [-0.39, 0.29) is 10.9 Å². The molecule has 27 heavy (non-hydrogen) atoms. The zero-order valence-electron chi connectivity index (χ0n) is 13.9. The van der Waals surface area contributed by atoms with Gasteiger partial charge in [-0.3, -0.25) is 24.5 Å². The smallest absolute Gasteiger partial charge is 0.281 e. The van der Waals surface area contributed by atoms with Crippen LogP contribution in [0, 0.1) is 10.1 Å². The zero-order chi connectivity index (χ0) is 18.8. The van der Waals surface area contributed by atoms with Crippen molar-refractivity contribution in [2.45, 2.75) is 6.54 Å². The summed E-state index contributed by atoms with van der Waals surface area (Å²) in [6.45, 7) is 0.841. The van der Waals surface area contributed by atoms with Crippen molar-refractivity contribution in [2.75, 3.05) is 11.4 Å². The van der Waals surface area contributed by atoms with E-state index in [2.05, 4.69) is 10.1 Å². The summed E-state index contributed by atoms with van der Waals surface area (Å²) in [6.07, 6.45) is 3.49. The number of nitrogens with zero attached hydrogens (tertiary/aromatic N) is 5. The molecule has 0 bridgehead atoms. The van der Waals surface area contributed by atoms with Crippen molar-refractivity contribution in [3.63, 3.8) is 0 Å². The molecular weight excluding hydrogens is 386 g/mol. The van der Waals surface area contributed by atoms with Crippen LogP contribution in [-0.4, -0.2) is 32.1 Å². The van der Waals surface area contributed by atoms with Gasteiger partial charge in [-0.05, 0) is 24.3 Å². The number of amides is 1. The number of carbonyl (C=O) groups is 1. The van der Waals surface area contributed by atoms with Crippen molar-refractivity contribution in [3.05, 3.63) is 69.8 Å². The lowest BCUT2D eigenvalue weighted by atomic mass is 10.3. The molecule has 4 aromatic rings. The number of thiazole rings is 1. The number of hydrogen-bond donors (Lipinski definition) is 0. The number of carbonyl (C=O) groups excluding carboxylic acids is 1. The van der Waals surface area contributed by atoms with Gasteiger partial charge in [0, 0.05) is 25.0 Å². The minimum atomic E-state index is -0.493. The highest BCUT2D eigenvalue weighted by molar-refractivity contribution is 7.22. The van der Waals surface area contributed by atoms with E-state index in [0.29, 0.717) is 23.1 Å². The van der Waals surface area contributed by atoms with Crippen LogP contribution in [0.5, 0.6) is 0 Å². The molecule has 0 aliphatic heterocycles. The molecule has 4 rings (SSSR count). The summed E-state index contributed by atoms with van der Waals surface area (Å²) < 4.78 is 2.70. The van der Waals surface area contributed by atoms with Crippen molar-refractivity contribution in [2.24, 2.45) is 0 Å². The third kappa shape index (κ3) is 3.57. The third-order valence-corrected chi connectivity index (χ3v) is 5.94. The van der Waals surface area contributed by atoms with E-state index in [4.69, 9.17) is 0 Å². The number of thiophene rings is 1. The molecule has 0 N–H and O–H groups in total. The van der Waals surface area contributed by atoms with Gasteiger partial charge in [0.25, 0.3) is 5.91 Å². The largest absolute Gasteiger partial charge is 0.324 e. The van der Waals surface area contributed by atoms with Crippen LogP contribution >= 0.6 is 22.7 Å². The highest BCUT2D eigenvalue weighted by Crippen LogP contribution is 2.31. The van der Waals surface area contributed by atoms with E-state index in [1.54, 1.807) is 15.8 Å². The highest BCUT2D eigenvalue weighted by Gasteiger charge is 2.24. The second kappa shape index (κ2) is 7.25. The molecule has 1 aromatic carbocycles. The summed E-state index contributed by atoms with van der Waals surface area (Å²) in [5.41, 5.74) is 0.812. The number of rotatable bonds is 6. The number of aromatic nitrogens is 3. The molecule has 0 aliphatic carbocycles. The van der Waals surface area contributed by atoms with Crippen molar-refractivity contribution >= 4 is 48.9 Å². The first kappa shape index (κ1) is 17.3. The summed E-state index contributed by atoms with van der Waals surface area (Å²) >= 11 is 2.28. The second-order valence-corrected chi connectivity index (χ2v) is 7.66. The molecule has 0 saturated carbocycles. The first-order valence-corrected chi connectivity index (χ1v) is 9.64. The Hall–Kier alpha value is -3.11. The fourth-order valence-electron chi connectivity index (χ4n) is 2.57. The van der Waals surface area contributed by atoms with Crippen LogP contribution in [0.15, 0.2) is 54.9 Å². The van der Waals surface area contributed by atoms with Gasteiger partial charge in [0.1, 0.15) is 0 Å². The number of hydrogen-bond acceptors (Lipinski definition) is 7. The maximum absolute atomic E-state index is 13.1. The van der Waals surface area contributed by atoms with Gasteiger partial charge in [-0.1, -0.05) is 34.8 Å². The lowest BCUT2D eigenvalue weighted by Crippen LogP contribution is -2.33. The molecule has 0 saturated heterocycles. The van der Waals surface area contributed by atoms with E-state index in [1.807, 2.05) is 36.5 Å². The fraction of sp³-hybridized carbons (Fsp3) is 0.118. The predicted octanol–water partition coefficient (Wildman–Crippen LogP) is 3.81. The Morgan fingerprint density at radius 1 is 1.19 bits per heavy atom. The normalized spacial score (nSPS) is 11.0. The Morgan fingerprint density at radius 3 is 2.74 bits per heavy atom. The first-order chi connectivity index (χ1) is 13.1. The Labute approximate surface area is 161 Å². The molecule has 0 fully saturated rings. The Balaban J connectivity index is 1.67. The second-order valence-electron chi connectivity index (χ2n) is 5.59. The molecule has 3 aromatic heterocycles. The molecule has 8 nitrogen and oxygen atoms in total. The molecule has 0 atom stereocenters. The van der Waals surface area contributed by atoms with Crippen LogP contribution in [0.25, 0.3) is 10.2 Å². The van der Waals surface area contributed by atoms with Crippen molar-refractivity contribution in [3.8, 4) is 0 Å². The van der Waals surface area contributed by atoms with Crippen LogP contribution in [-0.2, 0) is 6.54 Å². The van der Waals surface area contributed by atoms with Crippen LogP contribution in [0.4, 0.5) is 10.1 Å². The van der Waals surface area contributed by atoms with Gasteiger partial charge < -0.3 is 0 Å². The number of nitro groups is 1. The van der Waals surface area contributed by atoms with Gasteiger partial charge in [-0.2, -0.15) is 5.10 Å². The van der Waals surface area contributed by atoms with E-state index < -0.39 is 4.92 Å². The molecule has 0 aliphatic rings. The van der Waals surface area contributed by atoms with Crippen molar-refractivity contribution in [1.29, 1.82) is 0 Å². The minimum Gasteiger partial charge on any atom is -0.281 e. The van der Waals surface area contributed by atoms with E-state index in [1.165, 1.54) is 23.5 Å². The lowest BCUT2D eigenvalue weighted by molar-refractivity contribution is -0.380. The Bertz CT molecular complexity index is 1070. The standard InChI is InChI=1S/C17H13N5O3S2/c23-16(14-6-7-15(26-14)22(24)25)21(11-10-20-9-3-8-18-20)17-19-12-4-1-2-5-13(12)27-17/h1-9H,10-11H2. The molecule has 10 heteroatoms. The molecule has 136 valence electrons. The Morgan fingerprint density at radius 2 is 2.04 bits per heavy atom. The van der Waals surface area contributed by atoms with Crippen LogP contribution < -0.4 is 4.90 Å².